The lowest BCUT2D eigenvalue weighted by molar-refractivity contribution is -0.138. The number of hydrogen-bond acceptors (Lipinski definition) is 5. The molecular weight excluding hydrogens is 507 g/mol. The smallest absolute Gasteiger partial charge is 0.255 e. The molecule has 2 aliphatic rings. The molecule has 1 amide bonds. The van der Waals surface area contributed by atoms with E-state index in [0.717, 1.165) is 6.07 Å². The highest BCUT2D eigenvalue weighted by Gasteiger charge is 2.60. The first kappa shape index (κ1) is 25.9. The third kappa shape index (κ3) is 4.34. The molecule has 190 valence electrons. The minimum Gasteiger partial charge on any atom is -0.390 e. The van der Waals surface area contributed by atoms with Gasteiger partial charge < -0.3 is 15.5 Å². The Morgan fingerprint density at radius 3 is 2.34 bits per heavy atom. The van der Waals surface area contributed by atoms with E-state index in [1.165, 1.54) is 19.1 Å². The highest BCUT2D eigenvalue weighted by atomic mass is 35.5. The summed E-state index contributed by atoms with van der Waals surface area (Å²) in [5, 5.41) is 22.6. The number of aliphatic hydroxyl groups is 2. The van der Waals surface area contributed by atoms with Gasteiger partial charge in [0.1, 0.15) is 0 Å². The fourth-order valence-corrected chi connectivity index (χ4v) is 8.12. The molecule has 35 heavy (non-hydrogen) atoms. The van der Waals surface area contributed by atoms with E-state index < -0.39 is 62.0 Å². The number of hydrogen-bond donors (Lipinski definition) is 3. The van der Waals surface area contributed by atoms with E-state index in [1.807, 2.05) is 6.92 Å². The van der Waals surface area contributed by atoms with Crippen molar-refractivity contribution in [2.24, 2.45) is 17.8 Å². The molecule has 0 spiro atoms. The van der Waals surface area contributed by atoms with Gasteiger partial charge in [0.25, 0.3) is 5.91 Å². The number of carbonyl (C=O) groups excluding carboxylic acids is 1. The Morgan fingerprint density at radius 1 is 1.14 bits per heavy atom. The number of carbonyl (C=O) groups is 1. The molecule has 2 unspecified atom stereocenters. The average molecular weight is 532 g/mol. The van der Waals surface area contributed by atoms with E-state index in [1.54, 1.807) is 0 Å². The highest BCUT2D eigenvalue weighted by Crippen LogP contribution is 2.56. The molecule has 3 N–H and O–H groups in total. The third-order valence-electron chi connectivity index (χ3n) is 7.51. The van der Waals surface area contributed by atoms with Gasteiger partial charge in [-0.2, -0.15) is 0 Å². The second-order valence-electron chi connectivity index (χ2n) is 9.57. The predicted octanol–water partition coefficient (Wildman–Crippen LogP) is 4.33. The molecule has 6 nitrogen and oxygen atoms in total. The monoisotopic (exact) mass is 531 g/mol. The summed E-state index contributed by atoms with van der Waals surface area (Å²) in [6.45, 7) is 3.43. The summed E-state index contributed by atoms with van der Waals surface area (Å²) in [5.74, 6) is -6.34. The zero-order chi connectivity index (χ0) is 25.9. The van der Waals surface area contributed by atoms with Crippen LogP contribution in [0.2, 0.25) is 5.02 Å². The van der Waals surface area contributed by atoms with Crippen molar-refractivity contribution in [2.75, 3.05) is 5.32 Å². The van der Waals surface area contributed by atoms with E-state index in [9.17, 15) is 36.6 Å². The molecule has 2 aromatic carbocycles. The molecule has 11 heteroatoms. The average Bonchev–Trinajstić information content (AvgIpc) is 2.91. The summed E-state index contributed by atoms with van der Waals surface area (Å²) in [4.78, 5) is 12.4. The number of halogens is 4. The first-order valence-corrected chi connectivity index (χ1v) is 13.1. The van der Waals surface area contributed by atoms with Crippen LogP contribution in [-0.2, 0) is 9.84 Å². The Hall–Kier alpha value is -2.14. The van der Waals surface area contributed by atoms with Crippen molar-refractivity contribution in [2.45, 2.75) is 55.0 Å². The van der Waals surface area contributed by atoms with Crippen molar-refractivity contribution in [3.63, 3.8) is 0 Å². The largest absolute Gasteiger partial charge is 0.390 e. The van der Waals surface area contributed by atoms with Crippen LogP contribution in [0.1, 0.15) is 43.5 Å². The molecule has 4 rings (SSSR count). The molecule has 0 aliphatic heterocycles. The van der Waals surface area contributed by atoms with E-state index in [-0.39, 0.29) is 39.9 Å². The second kappa shape index (κ2) is 9.06. The van der Waals surface area contributed by atoms with Gasteiger partial charge in [-0.25, -0.2) is 21.6 Å². The Balaban J connectivity index is 1.62. The molecule has 0 heterocycles. The van der Waals surface area contributed by atoms with Gasteiger partial charge >= 0.3 is 0 Å². The maximum Gasteiger partial charge on any atom is 0.255 e. The number of aliphatic hydroxyl groups excluding tert-OH is 1. The number of fused-ring (bicyclic) bond motifs is 2. The minimum absolute atomic E-state index is 0.0175. The highest BCUT2D eigenvalue weighted by molar-refractivity contribution is 7.92. The minimum atomic E-state index is -4.04. The molecule has 0 aromatic heterocycles. The molecule has 2 aliphatic carbocycles. The molecule has 0 saturated heterocycles. The van der Waals surface area contributed by atoms with Crippen LogP contribution in [0, 0.1) is 35.2 Å². The van der Waals surface area contributed by atoms with Crippen molar-refractivity contribution in [1.82, 2.24) is 0 Å². The van der Waals surface area contributed by atoms with Gasteiger partial charge in [-0.15, -0.1) is 0 Å². The fourth-order valence-electron chi connectivity index (χ4n) is 5.74. The number of rotatable bonds is 5. The first-order chi connectivity index (χ1) is 16.3. The molecule has 0 radical (unpaired) electrons. The van der Waals surface area contributed by atoms with Gasteiger partial charge in [-0.05, 0) is 62.1 Å². The number of anilines is 1. The lowest BCUT2D eigenvalue weighted by Crippen LogP contribution is -2.55. The van der Waals surface area contributed by atoms with Crippen LogP contribution in [0.5, 0.6) is 0 Å². The first-order valence-electron chi connectivity index (χ1n) is 11.2. The van der Waals surface area contributed by atoms with Crippen LogP contribution in [0.15, 0.2) is 35.2 Å². The van der Waals surface area contributed by atoms with Gasteiger partial charge in [-0.3, -0.25) is 4.79 Å². The quantitative estimate of drug-likeness (QED) is 0.498. The van der Waals surface area contributed by atoms with Crippen LogP contribution >= 0.6 is 11.6 Å². The lowest BCUT2D eigenvalue weighted by Gasteiger charge is -2.45. The summed E-state index contributed by atoms with van der Waals surface area (Å²) >= 11 is 6.21. The number of benzene rings is 2. The normalized spacial score (nSPS) is 29.1. The summed E-state index contributed by atoms with van der Waals surface area (Å²) in [6.07, 6.45) is -0.171. The van der Waals surface area contributed by atoms with E-state index in [4.69, 9.17) is 11.6 Å². The number of sulfone groups is 1. The summed E-state index contributed by atoms with van der Waals surface area (Å²) in [6, 6.07) is 4.79. The molecular formula is C24H25ClF3NO5S. The van der Waals surface area contributed by atoms with E-state index in [0.29, 0.717) is 18.6 Å². The SMILES string of the molecule is CC(O)[C@]1(O)C2C[C@@H](S(=O)(=O)c3cc(C(=O)Nc4cc(F)c(F)c(F)c4)ccc3Cl)C[C@@H]1[C@@H](C)C2. The van der Waals surface area contributed by atoms with Gasteiger partial charge in [0, 0.05) is 23.4 Å². The van der Waals surface area contributed by atoms with Gasteiger partial charge in [0.15, 0.2) is 27.3 Å². The summed E-state index contributed by atoms with van der Waals surface area (Å²) in [5.41, 5.74) is -1.84. The van der Waals surface area contributed by atoms with Gasteiger partial charge in [-0.1, -0.05) is 18.5 Å². The van der Waals surface area contributed by atoms with Crippen LogP contribution in [0.3, 0.4) is 0 Å². The summed E-state index contributed by atoms with van der Waals surface area (Å²) < 4.78 is 67.3. The van der Waals surface area contributed by atoms with Crippen molar-refractivity contribution in [1.29, 1.82) is 0 Å². The van der Waals surface area contributed by atoms with Crippen molar-refractivity contribution >= 4 is 33.0 Å². The maximum atomic E-state index is 13.6. The van der Waals surface area contributed by atoms with E-state index in [2.05, 4.69) is 5.32 Å². The maximum absolute atomic E-state index is 13.6. The van der Waals surface area contributed by atoms with Crippen LogP contribution in [0.25, 0.3) is 0 Å². The zero-order valence-corrected chi connectivity index (χ0v) is 20.5. The van der Waals surface area contributed by atoms with Crippen LogP contribution in [0.4, 0.5) is 18.9 Å². The number of amides is 1. The van der Waals surface area contributed by atoms with Gasteiger partial charge in [0.2, 0.25) is 0 Å². The predicted molar refractivity (Wildman–Crippen MR) is 123 cm³/mol. The Bertz CT molecular complexity index is 1260. The molecule has 2 fully saturated rings. The molecule has 2 bridgehead atoms. The Morgan fingerprint density at radius 2 is 1.77 bits per heavy atom. The topological polar surface area (TPSA) is 104 Å². The van der Waals surface area contributed by atoms with Crippen LogP contribution in [-0.4, -0.2) is 41.5 Å². The standard InChI is InChI=1S/C24H25ClF3NO5S/c1-11-5-14-7-16(10-17(11)24(14,32)12(2)30)35(33,34)21-6-13(3-4-18(21)25)23(31)29-15-8-19(26)22(28)20(27)9-15/h3-4,6,8-9,11-12,14,16-17,30,32H,5,7,10H2,1-2H3,(H,29,31)/t11-,12?,14?,16+,17+,24-/m0/s1. The van der Waals surface area contributed by atoms with Crippen molar-refractivity contribution < 1.29 is 36.6 Å². The van der Waals surface area contributed by atoms with E-state index >= 15 is 0 Å². The second-order valence-corrected chi connectivity index (χ2v) is 12.2. The Kier molecular flexibility index (Phi) is 6.72. The molecule has 2 saturated carbocycles. The Labute approximate surface area is 206 Å². The lowest BCUT2D eigenvalue weighted by atomic mass is 9.70. The molecule has 2 aromatic rings. The molecule has 6 atom stereocenters. The number of nitrogens with one attached hydrogen (secondary N) is 1. The fraction of sp³-hybridized carbons (Fsp3) is 0.458. The van der Waals surface area contributed by atoms with Gasteiger partial charge in [0.05, 0.1) is 26.9 Å². The zero-order valence-electron chi connectivity index (χ0n) is 18.9. The van der Waals surface area contributed by atoms with Crippen molar-refractivity contribution in [3.8, 4) is 0 Å². The summed E-state index contributed by atoms with van der Waals surface area (Å²) in [7, 11) is -4.04. The van der Waals surface area contributed by atoms with Crippen molar-refractivity contribution in [3.05, 3.63) is 58.4 Å². The third-order valence-corrected chi connectivity index (χ3v) is 10.2. The van der Waals surface area contributed by atoms with Crippen LogP contribution < -0.4 is 5.32 Å².